The van der Waals surface area contributed by atoms with Crippen molar-refractivity contribution in [3.8, 4) is 6.07 Å². The lowest BCUT2D eigenvalue weighted by Crippen LogP contribution is -2.48. The van der Waals surface area contributed by atoms with Crippen LogP contribution in [0.15, 0.2) is 48.5 Å². The van der Waals surface area contributed by atoms with Crippen LogP contribution in [0.25, 0.3) is 0 Å². The standard InChI is InChI=1S/C37H55FN10O5S/c38-28-12-8-27(9-13-28)25-32(34(50)44-19-5-3-6-31(35(51)52)48-36(41)53)47-33(49)7-2-1-4-20-45-37(54)46-29-14-10-26(11-15-29)24-30(16-17-39)43-23-22-42-21-18-40/h8-15,30-32,42-43H,1-7,16,18-25,40H2,(H,44,50)(H,47,49)(H,51,52)(H3,41,48,53)(H2,45,46,54)/t30?,31-,32-/m0/s1. The number of nitrogens with one attached hydrogen (secondary N) is 7. The highest BCUT2D eigenvalue weighted by Crippen LogP contribution is 2.13. The Hall–Kier alpha value is -4.89. The number of primary amides is 1. The van der Waals surface area contributed by atoms with Gasteiger partial charge in [-0.3, -0.25) is 9.59 Å². The summed E-state index contributed by atoms with van der Waals surface area (Å²) in [5, 5.41) is 39.6. The molecule has 0 spiro atoms. The van der Waals surface area contributed by atoms with Crippen LogP contribution in [0.5, 0.6) is 0 Å². The van der Waals surface area contributed by atoms with Crippen molar-refractivity contribution in [2.45, 2.75) is 82.3 Å². The summed E-state index contributed by atoms with van der Waals surface area (Å²) < 4.78 is 13.5. The second-order valence-corrected chi connectivity index (χ2v) is 13.2. The SMILES string of the molecule is N#CCC(Cc1ccc(NC(=S)NCCCCCC(=O)N[C@@H](Cc2ccc(F)cc2)C(=O)NCCCC[C@H](NC(N)=O)C(=O)O)cc1)NCCNCCN. The summed E-state index contributed by atoms with van der Waals surface area (Å²) in [6.45, 7) is 3.71. The van der Waals surface area contributed by atoms with Crippen molar-refractivity contribution in [1.82, 2.24) is 31.9 Å². The lowest BCUT2D eigenvalue weighted by molar-refractivity contribution is -0.139. The van der Waals surface area contributed by atoms with E-state index in [2.05, 4.69) is 43.3 Å². The molecule has 2 aromatic carbocycles. The van der Waals surface area contributed by atoms with Gasteiger partial charge in [0, 0.05) is 63.8 Å². The summed E-state index contributed by atoms with van der Waals surface area (Å²) in [4.78, 5) is 48.1. The number of anilines is 1. The van der Waals surface area contributed by atoms with Gasteiger partial charge in [-0.05, 0) is 86.1 Å². The second kappa shape index (κ2) is 26.8. The Bertz CT molecular complexity index is 1490. The first-order valence-electron chi connectivity index (χ1n) is 18.3. The zero-order valence-electron chi connectivity index (χ0n) is 30.6. The van der Waals surface area contributed by atoms with Crippen molar-refractivity contribution >= 4 is 46.8 Å². The van der Waals surface area contributed by atoms with Crippen LogP contribution in [-0.2, 0) is 27.2 Å². The number of hydrogen-bond acceptors (Lipinski definition) is 9. The summed E-state index contributed by atoms with van der Waals surface area (Å²) in [6, 6.07) is 12.9. The highest BCUT2D eigenvalue weighted by Gasteiger charge is 2.22. The van der Waals surface area contributed by atoms with Gasteiger partial charge in [0.1, 0.15) is 17.9 Å². The molecular formula is C37H55FN10O5S. The normalized spacial score (nSPS) is 12.4. The van der Waals surface area contributed by atoms with Crippen molar-refractivity contribution < 1.29 is 28.7 Å². The molecule has 54 heavy (non-hydrogen) atoms. The lowest BCUT2D eigenvalue weighted by atomic mass is 10.0. The van der Waals surface area contributed by atoms with Gasteiger partial charge in [0.15, 0.2) is 5.11 Å². The predicted molar refractivity (Wildman–Crippen MR) is 210 cm³/mol. The first kappa shape index (κ1) is 45.3. The number of carboxylic acids is 1. The van der Waals surface area contributed by atoms with Crippen LogP contribution >= 0.6 is 12.2 Å². The molecule has 3 atom stereocenters. The Morgan fingerprint density at radius 1 is 0.815 bits per heavy atom. The predicted octanol–water partition coefficient (Wildman–Crippen LogP) is 1.77. The van der Waals surface area contributed by atoms with Crippen LogP contribution in [0.4, 0.5) is 14.9 Å². The average Bonchev–Trinajstić information content (AvgIpc) is 3.13. The molecule has 0 aliphatic heterocycles. The number of thiocarbonyl (C=S) groups is 1. The molecule has 1 unspecified atom stereocenters. The van der Waals surface area contributed by atoms with Crippen molar-refractivity contribution in [1.29, 1.82) is 5.26 Å². The van der Waals surface area contributed by atoms with Crippen LogP contribution in [0.3, 0.4) is 0 Å². The highest BCUT2D eigenvalue weighted by molar-refractivity contribution is 7.80. The third kappa shape index (κ3) is 20.4. The van der Waals surface area contributed by atoms with Crippen molar-refractivity contribution in [2.24, 2.45) is 11.5 Å². The Balaban J connectivity index is 1.72. The number of amides is 4. The zero-order valence-corrected chi connectivity index (χ0v) is 31.4. The van der Waals surface area contributed by atoms with Gasteiger partial charge in [-0.15, -0.1) is 0 Å². The maximum Gasteiger partial charge on any atom is 0.326 e. The molecule has 0 aliphatic carbocycles. The molecule has 0 saturated carbocycles. The summed E-state index contributed by atoms with van der Waals surface area (Å²) in [5.41, 5.74) is 13.1. The van der Waals surface area contributed by atoms with Gasteiger partial charge in [0.05, 0.1) is 12.5 Å². The summed E-state index contributed by atoms with van der Waals surface area (Å²) in [5.74, 6) is -2.32. The van der Waals surface area contributed by atoms with Gasteiger partial charge < -0.3 is 53.8 Å². The van der Waals surface area contributed by atoms with Crippen LogP contribution < -0.4 is 48.7 Å². The van der Waals surface area contributed by atoms with Gasteiger partial charge in [0.25, 0.3) is 0 Å². The van der Waals surface area contributed by atoms with E-state index < -0.39 is 35.8 Å². The van der Waals surface area contributed by atoms with Crippen LogP contribution in [-0.4, -0.2) is 91.4 Å². The van der Waals surface area contributed by atoms with E-state index in [1.54, 1.807) is 12.1 Å². The third-order valence-corrected chi connectivity index (χ3v) is 8.54. The molecule has 4 amide bonds. The highest BCUT2D eigenvalue weighted by atomic mass is 32.1. The van der Waals surface area contributed by atoms with Crippen molar-refractivity contribution in [3.63, 3.8) is 0 Å². The fourth-order valence-electron chi connectivity index (χ4n) is 5.46. The monoisotopic (exact) mass is 770 g/mol. The molecule has 0 aliphatic rings. The van der Waals surface area contributed by atoms with E-state index in [1.165, 1.54) is 12.1 Å². The molecule has 0 aromatic heterocycles. The number of hydrogen-bond donors (Lipinski definition) is 10. The van der Waals surface area contributed by atoms with Crippen molar-refractivity contribution in [2.75, 3.05) is 44.6 Å². The van der Waals surface area contributed by atoms with E-state index in [0.29, 0.717) is 49.4 Å². The number of unbranched alkanes of at least 4 members (excludes halogenated alkanes) is 3. The molecule has 0 saturated heterocycles. The molecule has 296 valence electrons. The second-order valence-electron chi connectivity index (χ2n) is 12.8. The molecular weight excluding hydrogens is 716 g/mol. The largest absolute Gasteiger partial charge is 0.480 e. The third-order valence-electron chi connectivity index (χ3n) is 8.29. The minimum atomic E-state index is -1.20. The number of urea groups is 1. The van der Waals surface area contributed by atoms with Gasteiger partial charge in [0.2, 0.25) is 11.8 Å². The zero-order chi connectivity index (χ0) is 39.6. The summed E-state index contributed by atoms with van der Waals surface area (Å²) in [7, 11) is 0. The molecule has 15 nitrogen and oxygen atoms in total. The topological polar surface area (TPSA) is 249 Å². The lowest BCUT2D eigenvalue weighted by Gasteiger charge is -2.19. The molecule has 12 N–H and O–H groups in total. The number of nitrogens with zero attached hydrogens (tertiary/aromatic N) is 1. The maximum atomic E-state index is 13.5. The number of rotatable bonds is 27. The maximum absolute atomic E-state index is 13.5. The van der Waals surface area contributed by atoms with E-state index in [1.807, 2.05) is 24.3 Å². The summed E-state index contributed by atoms with van der Waals surface area (Å²) >= 11 is 5.44. The number of aliphatic carboxylic acids is 1. The molecule has 0 radical (unpaired) electrons. The number of carbonyl (C=O) groups excluding carboxylic acids is 3. The van der Waals surface area contributed by atoms with Gasteiger partial charge >= 0.3 is 12.0 Å². The van der Waals surface area contributed by atoms with Crippen LogP contribution in [0.2, 0.25) is 0 Å². The number of nitrogens with two attached hydrogens (primary N) is 2. The quantitative estimate of drug-likeness (QED) is 0.0462. The van der Waals surface area contributed by atoms with E-state index in [9.17, 15) is 33.9 Å². The molecule has 17 heteroatoms. The number of benzene rings is 2. The van der Waals surface area contributed by atoms with E-state index in [-0.39, 0.29) is 37.8 Å². The average molecular weight is 771 g/mol. The molecule has 0 fully saturated rings. The number of halogens is 1. The first-order valence-corrected chi connectivity index (χ1v) is 18.7. The van der Waals surface area contributed by atoms with E-state index in [4.69, 9.17) is 23.7 Å². The van der Waals surface area contributed by atoms with E-state index >= 15 is 0 Å². The Morgan fingerprint density at radius 3 is 2.15 bits per heavy atom. The van der Waals surface area contributed by atoms with E-state index in [0.717, 1.165) is 50.1 Å². The Labute approximate surface area is 321 Å². The number of carboxylic acid groups (broad SMARTS) is 1. The summed E-state index contributed by atoms with van der Waals surface area (Å²) in [6.07, 6.45) is 4.57. The Kier molecular flexibility index (Phi) is 22.5. The van der Waals surface area contributed by atoms with Gasteiger partial charge in [-0.2, -0.15) is 5.26 Å². The molecule has 0 bridgehead atoms. The fourth-order valence-corrected chi connectivity index (χ4v) is 5.68. The number of nitriles is 1. The van der Waals surface area contributed by atoms with Crippen LogP contribution in [0.1, 0.15) is 62.5 Å². The van der Waals surface area contributed by atoms with Gasteiger partial charge in [-0.1, -0.05) is 30.7 Å². The Morgan fingerprint density at radius 2 is 1.48 bits per heavy atom. The number of carbonyl (C=O) groups is 4. The smallest absolute Gasteiger partial charge is 0.326 e. The minimum Gasteiger partial charge on any atom is -0.480 e. The van der Waals surface area contributed by atoms with Crippen LogP contribution in [0, 0.1) is 17.1 Å². The molecule has 2 aromatic rings. The van der Waals surface area contributed by atoms with Crippen molar-refractivity contribution in [3.05, 3.63) is 65.5 Å². The van der Waals surface area contributed by atoms with Gasteiger partial charge in [-0.25, -0.2) is 14.0 Å². The minimum absolute atomic E-state index is 0.0502. The first-order chi connectivity index (χ1) is 26.0. The molecule has 2 rings (SSSR count). The molecule has 0 heterocycles. The fraction of sp³-hybridized carbons (Fsp3) is 0.514.